The van der Waals surface area contributed by atoms with Gasteiger partial charge in [-0.2, -0.15) is 0 Å². The molecule has 0 aromatic rings. The lowest BCUT2D eigenvalue weighted by atomic mass is 9.94. The molecule has 0 amide bonds. The van der Waals surface area contributed by atoms with Crippen LogP contribution < -0.4 is 5.32 Å². The Labute approximate surface area is 80.2 Å². The lowest BCUT2D eigenvalue weighted by Gasteiger charge is -2.25. The number of nitrogens with one attached hydrogen (secondary N) is 1. The van der Waals surface area contributed by atoms with E-state index in [4.69, 9.17) is 5.11 Å². The molecule has 0 heterocycles. The molecule has 3 heteroatoms. The molecule has 0 aliphatic heterocycles. The van der Waals surface area contributed by atoms with Crippen molar-refractivity contribution in [3.8, 4) is 0 Å². The van der Waals surface area contributed by atoms with E-state index in [-0.39, 0.29) is 24.2 Å². The molecule has 0 spiro atoms. The van der Waals surface area contributed by atoms with Crippen LogP contribution in [0.4, 0.5) is 0 Å². The molecule has 0 aromatic heterocycles. The minimum Gasteiger partial charge on any atom is -0.396 e. The van der Waals surface area contributed by atoms with Gasteiger partial charge in [0, 0.05) is 24.6 Å². The Morgan fingerprint density at radius 1 is 1.38 bits per heavy atom. The molecule has 0 radical (unpaired) electrons. The Morgan fingerprint density at radius 2 is 2.08 bits per heavy atom. The van der Waals surface area contributed by atoms with Crippen molar-refractivity contribution >= 4 is 0 Å². The molecule has 1 aliphatic carbocycles. The minimum absolute atomic E-state index is 0.0810. The average Bonchev–Trinajstić information content (AvgIpc) is 2.48. The Hall–Kier alpha value is -0.120. The highest BCUT2D eigenvalue weighted by Gasteiger charge is 2.26. The molecular formula is C10H21NO2. The van der Waals surface area contributed by atoms with Crippen LogP contribution in [0.1, 0.15) is 33.1 Å². The number of hydrogen-bond acceptors (Lipinski definition) is 3. The first-order chi connectivity index (χ1) is 6.05. The Bertz CT molecular complexity index is 159. The van der Waals surface area contributed by atoms with E-state index < -0.39 is 0 Å². The monoisotopic (exact) mass is 187 g/mol. The highest BCUT2D eigenvalue weighted by atomic mass is 16.3. The fourth-order valence-corrected chi connectivity index (χ4v) is 1.64. The number of aliphatic hydroxyl groups is 2. The van der Waals surface area contributed by atoms with Crippen molar-refractivity contribution in [3.63, 3.8) is 0 Å². The van der Waals surface area contributed by atoms with Gasteiger partial charge in [0.25, 0.3) is 0 Å². The van der Waals surface area contributed by atoms with E-state index in [1.165, 1.54) is 0 Å². The van der Waals surface area contributed by atoms with Crippen LogP contribution in [-0.2, 0) is 0 Å². The molecule has 0 saturated heterocycles. The fraction of sp³-hybridized carbons (Fsp3) is 1.00. The minimum atomic E-state index is -0.186. The average molecular weight is 187 g/mol. The van der Waals surface area contributed by atoms with E-state index in [0.717, 1.165) is 25.8 Å². The second-order valence-corrected chi connectivity index (χ2v) is 4.81. The van der Waals surface area contributed by atoms with Crippen molar-refractivity contribution < 1.29 is 10.2 Å². The zero-order valence-corrected chi connectivity index (χ0v) is 8.58. The Kier molecular flexibility index (Phi) is 3.71. The molecule has 3 N–H and O–H groups in total. The summed E-state index contributed by atoms with van der Waals surface area (Å²) in [7, 11) is 0. The SMILES string of the molecule is CC(C)(CO)CN[C@H]1CCC[C@@H]1O. The Balaban J connectivity index is 2.25. The smallest absolute Gasteiger partial charge is 0.0693 e. The molecule has 78 valence electrons. The summed E-state index contributed by atoms with van der Waals surface area (Å²) in [5.41, 5.74) is -0.0810. The van der Waals surface area contributed by atoms with Gasteiger partial charge >= 0.3 is 0 Å². The van der Waals surface area contributed by atoms with Crippen molar-refractivity contribution in [1.29, 1.82) is 0 Å². The van der Waals surface area contributed by atoms with E-state index in [9.17, 15) is 5.11 Å². The molecule has 0 unspecified atom stereocenters. The highest BCUT2D eigenvalue weighted by Crippen LogP contribution is 2.20. The van der Waals surface area contributed by atoms with Crippen LogP contribution >= 0.6 is 0 Å². The molecule has 1 rings (SSSR count). The molecule has 3 nitrogen and oxygen atoms in total. The zero-order valence-electron chi connectivity index (χ0n) is 8.58. The molecule has 1 saturated carbocycles. The summed E-state index contributed by atoms with van der Waals surface area (Å²) in [6, 6.07) is 0.242. The quantitative estimate of drug-likeness (QED) is 0.601. The van der Waals surface area contributed by atoms with Crippen LogP contribution in [0.3, 0.4) is 0 Å². The van der Waals surface area contributed by atoms with Gasteiger partial charge in [-0.1, -0.05) is 13.8 Å². The van der Waals surface area contributed by atoms with Crippen molar-refractivity contribution in [1.82, 2.24) is 5.32 Å². The standard InChI is InChI=1S/C10H21NO2/c1-10(2,7-12)6-11-8-4-3-5-9(8)13/h8-9,11-13H,3-7H2,1-2H3/t8-,9-/m0/s1. The predicted molar refractivity (Wildman–Crippen MR) is 52.5 cm³/mol. The molecule has 13 heavy (non-hydrogen) atoms. The van der Waals surface area contributed by atoms with Crippen molar-refractivity contribution in [3.05, 3.63) is 0 Å². The summed E-state index contributed by atoms with van der Waals surface area (Å²) in [4.78, 5) is 0. The van der Waals surface area contributed by atoms with Gasteiger partial charge < -0.3 is 15.5 Å². The van der Waals surface area contributed by atoms with Gasteiger partial charge in [0.1, 0.15) is 0 Å². The summed E-state index contributed by atoms with van der Waals surface area (Å²) >= 11 is 0. The van der Waals surface area contributed by atoms with E-state index in [1.54, 1.807) is 0 Å². The van der Waals surface area contributed by atoms with Crippen molar-refractivity contribution in [2.75, 3.05) is 13.2 Å². The van der Waals surface area contributed by atoms with Gasteiger partial charge in [-0.05, 0) is 19.3 Å². The maximum Gasteiger partial charge on any atom is 0.0693 e. The Morgan fingerprint density at radius 3 is 2.54 bits per heavy atom. The van der Waals surface area contributed by atoms with Crippen molar-refractivity contribution in [2.45, 2.75) is 45.3 Å². The van der Waals surface area contributed by atoms with Gasteiger partial charge in [0.2, 0.25) is 0 Å². The first-order valence-corrected chi connectivity index (χ1v) is 5.07. The second-order valence-electron chi connectivity index (χ2n) is 4.81. The van der Waals surface area contributed by atoms with Crippen LogP contribution in [0.5, 0.6) is 0 Å². The normalized spacial score (nSPS) is 29.5. The maximum atomic E-state index is 9.53. The third-order valence-electron chi connectivity index (χ3n) is 2.75. The molecule has 0 aromatic carbocycles. The second kappa shape index (κ2) is 4.40. The van der Waals surface area contributed by atoms with Gasteiger partial charge in [-0.3, -0.25) is 0 Å². The lowest BCUT2D eigenvalue weighted by molar-refractivity contribution is 0.121. The van der Waals surface area contributed by atoms with Crippen LogP contribution in [0.25, 0.3) is 0 Å². The van der Waals surface area contributed by atoms with Crippen LogP contribution in [0.2, 0.25) is 0 Å². The summed E-state index contributed by atoms with van der Waals surface area (Å²) in [5.74, 6) is 0. The molecular weight excluding hydrogens is 166 g/mol. The fourth-order valence-electron chi connectivity index (χ4n) is 1.64. The van der Waals surface area contributed by atoms with Crippen LogP contribution in [0.15, 0.2) is 0 Å². The van der Waals surface area contributed by atoms with Gasteiger partial charge in [0.05, 0.1) is 6.10 Å². The topological polar surface area (TPSA) is 52.5 Å². The number of rotatable bonds is 4. The predicted octanol–water partition coefficient (Wildman–Crippen LogP) is 0.508. The summed E-state index contributed by atoms with van der Waals surface area (Å²) in [6.45, 7) is 4.98. The largest absolute Gasteiger partial charge is 0.396 e. The van der Waals surface area contributed by atoms with Crippen LogP contribution in [-0.4, -0.2) is 35.5 Å². The van der Waals surface area contributed by atoms with Gasteiger partial charge in [0.15, 0.2) is 0 Å². The molecule has 1 fully saturated rings. The molecule has 1 aliphatic rings. The summed E-state index contributed by atoms with van der Waals surface area (Å²) in [5, 5.41) is 21.9. The van der Waals surface area contributed by atoms with Gasteiger partial charge in [-0.15, -0.1) is 0 Å². The first-order valence-electron chi connectivity index (χ1n) is 5.07. The van der Waals surface area contributed by atoms with E-state index in [1.807, 2.05) is 13.8 Å². The zero-order chi connectivity index (χ0) is 9.90. The first kappa shape index (κ1) is 11.0. The maximum absolute atomic E-state index is 9.53. The van der Waals surface area contributed by atoms with E-state index >= 15 is 0 Å². The third kappa shape index (κ3) is 3.25. The van der Waals surface area contributed by atoms with E-state index in [0.29, 0.717) is 0 Å². The third-order valence-corrected chi connectivity index (χ3v) is 2.75. The summed E-state index contributed by atoms with van der Waals surface area (Å²) in [6.07, 6.45) is 2.90. The van der Waals surface area contributed by atoms with Crippen LogP contribution in [0, 0.1) is 5.41 Å². The van der Waals surface area contributed by atoms with E-state index in [2.05, 4.69) is 5.32 Å². The summed E-state index contributed by atoms with van der Waals surface area (Å²) < 4.78 is 0. The molecule has 2 atom stereocenters. The van der Waals surface area contributed by atoms with Gasteiger partial charge in [-0.25, -0.2) is 0 Å². The number of hydrogen-bond donors (Lipinski definition) is 3. The highest BCUT2D eigenvalue weighted by molar-refractivity contribution is 4.84. The number of aliphatic hydroxyl groups excluding tert-OH is 2. The lowest BCUT2D eigenvalue weighted by Crippen LogP contribution is -2.42. The molecule has 0 bridgehead atoms. The van der Waals surface area contributed by atoms with Crippen molar-refractivity contribution in [2.24, 2.45) is 5.41 Å².